The monoisotopic (exact) mass is 543 g/mol. The number of amides is 1. The highest BCUT2D eigenvalue weighted by atomic mass is 16.5. The molecule has 40 heavy (non-hydrogen) atoms. The molecular formula is C33H37NO6. The Balaban J connectivity index is 1.80. The molecule has 4 rings (SSSR count). The molecule has 3 aromatic carbocycles. The number of hydrogen-bond donors (Lipinski definition) is 1. The Labute approximate surface area is 236 Å². The largest absolute Gasteiger partial charge is 0.507 e. The van der Waals surface area contributed by atoms with Crippen molar-refractivity contribution in [1.29, 1.82) is 0 Å². The van der Waals surface area contributed by atoms with Crippen LogP contribution in [0.4, 0.5) is 0 Å². The molecule has 0 saturated carbocycles. The summed E-state index contributed by atoms with van der Waals surface area (Å²) in [6, 6.07) is 19.4. The van der Waals surface area contributed by atoms with Gasteiger partial charge in [-0.3, -0.25) is 9.59 Å². The summed E-state index contributed by atoms with van der Waals surface area (Å²) in [5.74, 6) is -0.0353. The van der Waals surface area contributed by atoms with Crippen LogP contribution in [0.1, 0.15) is 62.9 Å². The van der Waals surface area contributed by atoms with Crippen molar-refractivity contribution in [2.75, 3.05) is 13.2 Å². The van der Waals surface area contributed by atoms with Crippen LogP contribution in [0, 0.1) is 6.92 Å². The van der Waals surface area contributed by atoms with Crippen LogP contribution in [0.3, 0.4) is 0 Å². The number of hydrogen-bond acceptors (Lipinski definition) is 6. The Morgan fingerprint density at radius 3 is 2.20 bits per heavy atom. The van der Waals surface area contributed by atoms with Gasteiger partial charge in [0.1, 0.15) is 28.6 Å². The van der Waals surface area contributed by atoms with Gasteiger partial charge in [-0.2, -0.15) is 0 Å². The minimum Gasteiger partial charge on any atom is -0.507 e. The van der Waals surface area contributed by atoms with Crippen molar-refractivity contribution >= 4 is 17.4 Å². The molecular weight excluding hydrogens is 506 g/mol. The van der Waals surface area contributed by atoms with Crippen molar-refractivity contribution in [3.63, 3.8) is 0 Å². The first-order valence-corrected chi connectivity index (χ1v) is 13.5. The average molecular weight is 544 g/mol. The summed E-state index contributed by atoms with van der Waals surface area (Å²) < 4.78 is 17.3. The number of ketones is 1. The summed E-state index contributed by atoms with van der Waals surface area (Å²) in [6.45, 7) is 12.6. The van der Waals surface area contributed by atoms with Crippen molar-refractivity contribution in [2.45, 2.75) is 59.7 Å². The molecule has 1 fully saturated rings. The van der Waals surface area contributed by atoms with Crippen molar-refractivity contribution in [1.82, 2.24) is 4.90 Å². The summed E-state index contributed by atoms with van der Waals surface area (Å²) in [5, 5.41) is 11.6. The first-order valence-electron chi connectivity index (χ1n) is 13.5. The van der Waals surface area contributed by atoms with Gasteiger partial charge in [0.25, 0.3) is 11.7 Å². The zero-order valence-electron chi connectivity index (χ0n) is 24.0. The van der Waals surface area contributed by atoms with E-state index < -0.39 is 17.7 Å². The molecule has 1 unspecified atom stereocenters. The minimum absolute atomic E-state index is 0.0217. The number of aryl methyl sites for hydroxylation is 1. The van der Waals surface area contributed by atoms with E-state index in [2.05, 4.69) is 0 Å². The zero-order chi connectivity index (χ0) is 29.0. The predicted octanol–water partition coefficient (Wildman–Crippen LogP) is 6.59. The van der Waals surface area contributed by atoms with Gasteiger partial charge < -0.3 is 24.2 Å². The highest BCUT2D eigenvalue weighted by Gasteiger charge is 2.46. The first-order chi connectivity index (χ1) is 19.0. The van der Waals surface area contributed by atoms with Crippen LogP contribution < -0.4 is 14.2 Å². The number of ether oxygens (including phenoxy) is 3. The number of carbonyl (C=O) groups is 2. The Hall–Kier alpha value is -4.26. The third-order valence-corrected chi connectivity index (χ3v) is 6.42. The number of carbonyl (C=O) groups excluding carboxylic acids is 2. The molecule has 0 aliphatic carbocycles. The van der Waals surface area contributed by atoms with Crippen LogP contribution in [-0.4, -0.2) is 40.5 Å². The molecule has 1 aliphatic heterocycles. The number of Topliss-reactive ketones (excluding diaryl/α,β-unsaturated/α-hetero) is 1. The molecule has 1 atom stereocenters. The van der Waals surface area contributed by atoms with E-state index in [0.29, 0.717) is 36.0 Å². The van der Waals surface area contributed by atoms with Gasteiger partial charge in [0.05, 0.1) is 30.4 Å². The molecule has 1 heterocycles. The van der Waals surface area contributed by atoms with Gasteiger partial charge in [-0.1, -0.05) is 42.0 Å². The Morgan fingerprint density at radius 1 is 0.900 bits per heavy atom. The molecule has 1 N–H and O–H groups in total. The maximum absolute atomic E-state index is 13.5. The summed E-state index contributed by atoms with van der Waals surface area (Å²) in [6.07, 6.45) is 0. The fourth-order valence-electron chi connectivity index (χ4n) is 4.82. The normalized spacial score (nSPS) is 16.8. The SMILES string of the molecule is CCOc1ccc(/C(O)=C2/C(=O)C(=O)N(Cc3ccc(OC(C)(C)C)cc3)C2c2cccc(C)c2)c(OCC)c1. The van der Waals surface area contributed by atoms with E-state index >= 15 is 0 Å². The van der Waals surface area contributed by atoms with E-state index in [1.54, 1.807) is 18.2 Å². The maximum atomic E-state index is 13.5. The molecule has 7 nitrogen and oxygen atoms in total. The molecule has 0 spiro atoms. The Morgan fingerprint density at radius 2 is 1.57 bits per heavy atom. The highest BCUT2D eigenvalue weighted by Crippen LogP contribution is 2.42. The molecule has 1 aliphatic rings. The van der Waals surface area contributed by atoms with Crippen LogP contribution in [0.25, 0.3) is 5.76 Å². The second-order valence-electron chi connectivity index (χ2n) is 10.7. The van der Waals surface area contributed by atoms with Crippen molar-refractivity contribution in [2.24, 2.45) is 0 Å². The van der Waals surface area contributed by atoms with E-state index in [0.717, 1.165) is 16.7 Å². The first kappa shape index (κ1) is 28.7. The topological polar surface area (TPSA) is 85.3 Å². The molecule has 1 saturated heterocycles. The van der Waals surface area contributed by atoms with E-state index in [1.165, 1.54) is 4.90 Å². The minimum atomic E-state index is -0.786. The van der Waals surface area contributed by atoms with Gasteiger partial charge >= 0.3 is 0 Å². The number of benzene rings is 3. The van der Waals surface area contributed by atoms with Crippen molar-refractivity contribution in [3.8, 4) is 17.2 Å². The highest BCUT2D eigenvalue weighted by molar-refractivity contribution is 6.46. The van der Waals surface area contributed by atoms with Crippen LogP contribution in [-0.2, 0) is 16.1 Å². The maximum Gasteiger partial charge on any atom is 0.295 e. The van der Waals surface area contributed by atoms with Crippen molar-refractivity contribution < 1.29 is 28.9 Å². The lowest BCUT2D eigenvalue weighted by Gasteiger charge is -2.26. The molecule has 0 bridgehead atoms. The standard InChI is InChI=1S/C33H37NO6/c1-7-38-25-16-17-26(27(19-25)39-8-2)30(35)28-29(23-11-9-10-21(3)18-23)34(32(37)31(28)36)20-22-12-14-24(15-13-22)40-33(4,5)6/h9-19,29,35H,7-8,20H2,1-6H3/b30-28-. The summed E-state index contributed by atoms with van der Waals surface area (Å²) in [5.41, 5.74) is 2.54. The third-order valence-electron chi connectivity index (χ3n) is 6.42. The summed E-state index contributed by atoms with van der Waals surface area (Å²) in [4.78, 5) is 28.5. The van der Waals surface area contributed by atoms with Crippen LogP contribution in [0.5, 0.6) is 17.2 Å². The van der Waals surface area contributed by atoms with Crippen molar-refractivity contribution in [3.05, 3.63) is 94.6 Å². The van der Waals surface area contributed by atoms with E-state index in [4.69, 9.17) is 14.2 Å². The lowest BCUT2D eigenvalue weighted by molar-refractivity contribution is -0.140. The number of likely N-dealkylation sites (tertiary alicyclic amines) is 1. The number of nitrogens with zero attached hydrogens (tertiary/aromatic N) is 1. The van der Waals surface area contributed by atoms with E-state index in [1.807, 2.05) is 90.1 Å². The van der Waals surface area contributed by atoms with E-state index in [-0.39, 0.29) is 23.5 Å². The summed E-state index contributed by atoms with van der Waals surface area (Å²) in [7, 11) is 0. The molecule has 3 aromatic rings. The lowest BCUT2D eigenvalue weighted by Crippen LogP contribution is -2.29. The molecule has 210 valence electrons. The van der Waals surface area contributed by atoms with E-state index in [9.17, 15) is 14.7 Å². The van der Waals surface area contributed by atoms with Gasteiger partial charge in [0.15, 0.2) is 0 Å². The van der Waals surface area contributed by atoms with Crippen LogP contribution >= 0.6 is 0 Å². The summed E-state index contributed by atoms with van der Waals surface area (Å²) >= 11 is 0. The second kappa shape index (κ2) is 11.9. The van der Waals surface area contributed by atoms with Gasteiger partial charge in [0, 0.05) is 12.6 Å². The average Bonchev–Trinajstić information content (AvgIpc) is 3.14. The lowest BCUT2D eigenvalue weighted by atomic mass is 9.94. The smallest absolute Gasteiger partial charge is 0.295 e. The molecule has 0 aromatic heterocycles. The fraction of sp³-hybridized carbons (Fsp3) is 0.333. The predicted molar refractivity (Wildman–Crippen MR) is 155 cm³/mol. The molecule has 1 amide bonds. The fourth-order valence-corrected chi connectivity index (χ4v) is 4.82. The van der Waals surface area contributed by atoms with Gasteiger partial charge in [-0.05, 0) is 76.9 Å². The second-order valence-corrected chi connectivity index (χ2v) is 10.7. The van der Waals surface area contributed by atoms with Gasteiger partial charge in [-0.15, -0.1) is 0 Å². The van der Waals surface area contributed by atoms with Crippen LogP contribution in [0.15, 0.2) is 72.3 Å². The molecule has 7 heteroatoms. The number of rotatable bonds is 9. The molecule has 0 radical (unpaired) electrons. The quantitative estimate of drug-likeness (QED) is 0.186. The Kier molecular flexibility index (Phi) is 8.52. The zero-order valence-corrected chi connectivity index (χ0v) is 24.0. The van der Waals surface area contributed by atoms with Crippen LogP contribution in [0.2, 0.25) is 0 Å². The third kappa shape index (κ3) is 6.30. The number of aliphatic hydroxyl groups excluding tert-OH is 1. The van der Waals surface area contributed by atoms with Gasteiger partial charge in [0.2, 0.25) is 0 Å². The number of aliphatic hydroxyl groups is 1. The Bertz CT molecular complexity index is 1420. The van der Waals surface area contributed by atoms with Gasteiger partial charge in [-0.25, -0.2) is 0 Å².